The monoisotopic (exact) mass is 469 g/mol. The molecular formula is C23H30F3N3O4. The van der Waals surface area contributed by atoms with Gasteiger partial charge in [-0.3, -0.25) is 9.59 Å². The molecule has 0 saturated carbocycles. The third-order valence-electron chi connectivity index (χ3n) is 5.80. The van der Waals surface area contributed by atoms with Crippen LogP contribution in [0.15, 0.2) is 28.8 Å². The van der Waals surface area contributed by atoms with Gasteiger partial charge < -0.3 is 20.3 Å². The average Bonchev–Trinajstić information content (AvgIpc) is 3.15. The van der Waals surface area contributed by atoms with Crippen molar-refractivity contribution in [2.75, 3.05) is 0 Å². The molecule has 0 spiro atoms. The molecule has 0 saturated heterocycles. The normalized spacial score (nSPS) is 14.7. The molecule has 0 aliphatic heterocycles. The van der Waals surface area contributed by atoms with Gasteiger partial charge in [0.15, 0.2) is 11.5 Å². The number of rotatable bonds is 10. The van der Waals surface area contributed by atoms with Crippen LogP contribution in [0.4, 0.5) is 13.2 Å². The van der Waals surface area contributed by atoms with Gasteiger partial charge >= 0.3 is 12.1 Å². The summed E-state index contributed by atoms with van der Waals surface area (Å²) >= 11 is 0. The summed E-state index contributed by atoms with van der Waals surface area (Å²) in [5.41, 5.74) is -0.146. The van der Waals surface area contributed by atoms with Crippen LogP contribution in [-0.4, -0.2) is 34.2 Å². The fraction of sp³-hybridized carbons (Fsp3) is 0.522. The lowest BCUT2D eigenvalue weighted by Gasteiger charge is -2.20. The summed E-state index contributed by atoms with van der Waals surface area (Å²) in [5.74, 6) is -1.77. The maximum atomic E-state index is 12.9. The Morgan fingerprint density at radius 3 is 2.18 bits per heavy atom. The van der Waals surface area contributed by atoms with Crippen LogP contribution in [0.25, 0.3) is 11.3 Å². The van der Waals surface area contributed by atoms with E-state index in [1.165, 1.54) is 12.1 Å². The molecule has 0 aliphatic rings. The summed E-state index contributed by atoms with van der Waals surface area (Å²) in [4.78, 5) is 24.3. The smallest absolute Gasteiger partial charge is 0.416 e. The first-order valence-corrected chi connectivity index (χ1v) is 10.8. The van der Waals surface area contributed by atoms with Crippen LogP contribution >= 0.6 is 0 Å². The van der Waals surface area contributed by atoms with Crippen molar-refractivity contribution < 1.29 is 32.4 Å². The Bertz CT molecular complexity index is 955. The lowest BCUT2D eigenvalue weighted by molar-refractivity contribution is -0.142. The highest BCUT2D eigenvalue weighted by Gasteiger charge is 2.31. The number of carboxylic acid groups (broad SMARTS) is 1. The summed E-state index contributed by atoms with van der Waals surface area (Å²) in [7, 11) is 0. The molecule has 2 rings (SSSR count). The van der Waals surface area contributed by atoms with Crippen molar-refractivity contribution in [3.63, 3.8) is 0 Å². The van der Waals surface area contributed by atoms with E-state index in [1.54, 1.807) is 13.8 Å². The number of nitrogens with zero attached hydrogens (tertiary/aromatic N) is 1. The summed E-state index contributed by atoms with van der Waals surface area (Å²) in [6, 6.07) is 3.76. The Labute approximate surface area is 190 Å². The van der Waals surface area contributed by atoms with Gasteiger partial charge in [-0.25, -0.2) is 0 Å². The summed E-state index contributed by atoms with van der Waals surface area (Å²) in [6.45, 7) is 9.26. The molecule has 2 unspecified atom stereocenters. The standard InChI is InChI=1S/C23H30F3N3O4/c1-6-17(22(31)32)14(5)27-11-18-19(21(30)28-13(4)12(2)3)29-33-20(18)15-7-9-16(10-8-15)23(24,25)26/h7-10,12-14,17,27H,6,11H2,1-5H3,(H,28,30)(H,31,32)/t13-,14?,17?/m0/s1. The lowest BCUT2D eigenvalue weighted by Crippen LogP contribution is -2.39. The second-order valence-electron chi connectivity index (χ2n) is 8.44. The molecule has 3 N–H and O–H groups in total. The number of carbonyl (C=O) groups is 2. The average molecular weight is 470 g/mol. The Kier molecular flexibility index (Phi) is 8.65. The first-order chi connectivity index (χ1) is 15.4. The first kappa shape index (κ1) is 26.4. The van der Waals surface area contributed by atoms with Gasteiger partial charge in [-0.1, -0.05) is 38.1 Å². The summed E-state index contributed by atoms with van der Waals surface area (Å²) in [5, 5.41) is 19.2. The number of aromatic nitrogens is 1. The van der Waals surface area contributed by atoms with Crippen molar-refractivity contribution in [2.45, 2.75) is 65.8 Å². The first-order valence-electron chi connectivity index (χ1n) is 10.8. The molecule has 1 aromatic carbocycles. The maximum absolute atomic E-state index is 12.9. The van der Waals surface area contributed by atoms with E-state index in [0.717, 1.165) is 12.1 Å². The number of carbonyl (C=O) groups excluding carboxylic acids is 1. The van der Waals surface area contributed by atoms with E-state index in [-0.39, 0.29) is 30.0 Å². The topological polar surface area (TPSA) is 104 Å². The summed E-state index contributed by atoms with van der Waals surface area (Å²) in [6.07, 6.45) is -4.08. The van der Waals surface area contributed by atoms with Gasteiger partial charge in [-0.2, -0.15) is 13.2 Å². The molecule has 3 atom stereocenters. The van der Waals surface area contributed by atoms with Crippen LogP contribution in [0, 0.1) is 11.8 Å². The number of benzene rings is 1. The van der Waals surface area contributed by atoms with Gasteiger partial charge in [-0.05, 0) is 38.3 Å². The zero-order valence-electron chi connectivity index (χ0n) is 19.3. The molecule has 0 fully saturated rings. The van der Waals surface area contributed by atoms with Crippen LogP contribution < -0.4 is 10.6 Å². The molecule has 7 nitrogen and oxygen atoms in total. The van der Waals surface area contributed by atoms with Crippen molar-refractivity contribution in [1.29, 1.82) is 0 Å². The molecule has 1 amide bonds. The molecule has 0 radical (unpaired) electrons. The quantitative estimate of drug-likeness (QED) is 0.465. The van der Waals surface area contributed by atoms with Gasteiger partial charge in [0.1, 0.15) is 0 Å². The van der Waals surface area contributed by atoms with Crippen molar-refractivity contribution in [3.05, 3.63) is 41.1 Å². The predicted molar refractivity (Wildman–Crippen MR) is 116 cm³/mol. The van der Waals surface area contributed by atoms with E-state index in [0.29, 0.717) is 17.5 Å². The number of hydrogen-bond acceptors (Lipinski definition) is 5. The van der Waals surface area contributed by atoms with Crippen LogP contribution in [-0.2, 0) is 17.5 Å². The highest BCUT2D eigenvalue weighted by molar-refractivity contribution is 5.95. The van der Waals surface area contributed by atoms with Gasteiger partial charge in [0.05, 0.1) is 11.5 Å². The van der Waals surface area contributed by atoms with Gasteiger partial charge in [0.2, 0.25) is 0 Å². The van der Waals surface area contributed by atoms with Crippen molar-refractivity contribution in [2.24, 2.45) is 11.8 Å². The van der Waals surface area contributed by atoms with Gasteiger partial charge in [-0.15, -0.1) is 0 Å². The molecular weight excluding hydrogens is 439 g/mol. The fourth-order valence-electron chi connectivity index (χ4n) is 3.28. The van der Waals surface area contributed by atoms with Crippen molar-refractivity contribution in [3.8, 4) is 11.3 Å². The molecule has 182 valence electrons. The Balaban J connectivity index is 2.40. The van der Waals surface area contributed by atoms with Crippen LogP contribution in [0.5, 0.6) is 0 Å². The second kappa shape index (κ2) is 10.8. The molecule has 1 aromatic heterocycles. The number of alkyl halides is 3. The number of nitrogens with one attached hydrogen (secondary N) is 2. The zero-order chi connectivity index (χ0) is 24.9. The van der Waals surface area contributed by atoms with Crippen LogP contribution in [0.1, 0.15) is 62.7 Å². The Morgan fingerprint density at radius 1 is 1.09 bits per heavy atom. The number of carboxylic acids is 1. The van der Waals surface area contributed by atoms with Crippen LogP contribution in [0.2, 0.25) is 0 Å². The minimum atomic E-state index is -4.48. The highest BCUT2D eigenvalue weighted by atomic mass is 19.4. The maximum Gasteiger partial charge on any atom is 0.416 e. The fourth-order valence-corrected chi connectivity index (χ4v) is 3.28. The van der Waals surface area contributed by atoms with E-state index in [2.05, 4.69) is 15.8 Å². The number of aliphatic carboxylic acids is 1. The third-order valence-corrected chi connectivity index (χ3v) is 5.80. The lowest BCUT2D eigenvalue weighted by atomic mass is 9.97. The van der Waals surface area contributed by atoms with E-state index in [9.17, 15) is 27.9 Å². The van der Waals surface area contributed by atoms with Gasteiger partial charge in [0, 0.05) is 29.8 Å². The van der Waals surface area contributed by atoms with Gasteiger partial charge in [0.25, 0.3) is 5.91 Å². The number of hydrogen-bond donors (Lipinski definition) is 3. The molecule has 0 aliphatic carbocycles. The number of amides is 1. The van der Waals surface area contributed by atoms with E-state index < -0.39 is 35.6 Å². The minimum absolute atomic E-state index is 0.000436. The van der Waals surface area contributed by atoms with E-state index in [4.69, 9.17) is 4.52 Å². The van der Waals surface area contributed by atoms with Crippen molar-refractivity contribution in [1.82, 2.24) is 15.8 Å². The zero-order valence-corrected chi connectivity index (χ0v) is 19.3. The van der Waals surface area contributed by atoms with E-state index in [1.807, 2.05) is 20.8 Å². The SMILES string of the molecule is CCC(C(=O)O)C(C)NCc1c(C(=O)N[C@@H](C)C(C)C)noc1-c1ccc(C(F)(F)F)cc1. The molecule has 2 aromatic rings. The third kappa shape index (κ3) is 6.56. The molecule has 10 heteroatoms. The summed E-state index contributed by atoms with van der Waals surface area (Å²) < 4.78 is 44.2. The highest BCUT2D eigenvalue weighted by Crippen LogP contribution is 2.33. The van der Waals surface area contributed by atoms with Crippen molar-refractivity contribution >= 4 is 11.9 Å². The molecule has 0 bridgehead atoms. The second-order valence-corrected chi connectivity index (χ2v) is 8.44. The molecule has 1 heterocycles. The molecule has 33 heavy (non-hydrogen) atoms. The predicted octanol–water partition coefficient (Wildman–Crippen LogP) is 4.72. The number of halogens is 3. The Morgan fingerprint density at radius 2 is 1.70 bits per heavy atom. The van der Waals surface area contributed by atoms with E-state index >= 15 is 0 Å². The largest absolute Gasteiger partial charge is 0.481 e. The van der Waals surface area contributed by atoms with Crippen LogP contribution in [0.3, 0.4) is 0 Å². The Hall–Kier alpha value is -2.88. The minimum Gasteiger partial charge on any atom is -0.481 e.